The molecule has 27 heavy (non-hydrogen) atoms. The highest BCUT2D eigenvalue weighted by molar-refractivity contribution is 6.24. The topological polar surface area (TPSA) is 110 Å². The standard InChI is InChI=1S/C19H17N3O5/c1-10-7-8-11(2)14(9-10)20-17(23)12(3)21-18(24)13-5-4-6-15(22(26)27)16(13)19(21)25/h4-9,12H,1-3H3,(H,20,23)/t12-/m0/s1. The predicted molar refractivity (Wildman–Crippen MR) is 97.6 cm³/mol. The average Bonchev–Trinajstić information content (AvgIpc) is 2.88. The second-order valence-electron chi connectivity index (χ2n) is 6.42. The maximum absolute atomic E-state index is 12.7. The lowest BCUT2D eigenvalue weighted by atomic mass is 10.1. The first-order valence-electron chi connectivity index (χ1n) is 8.25. The molecule has 0 unspecified atom stereocenters. The van der Waals surface area contributed by atoms with Crippen LogP contribution in [0.3, 0.4) is 0 Å². The van der Waals surface area contributed by atoms with E-state index in [0.29, 0.717) is 5.69 Å². The minimum absolute atomic E-state index is 0.0689. The first kappa shape index (κ1) is 18.2. The fourth-order valence-corrected chi connectivity index (χ4v) is 3.01. The zero-order chi connectivity index (χ0) is 19.9. The van der Waals surface area contributed by atoms with Crippen molar-refractivity contribution in [3.63, 3.8) is 0 Å². The van der Waals surface area contributed by atoms with Crippen molar-refractivity contribution < 1.29 is 19.3 Å². The summed E-state index contributed by atoms with van der Waals surface area (Å²) in [5, 5.41) is 13.9. The second-order valence-corrected chi connectivity index (χ2v) is 6.42. The Kier molecular flexibility index (Phi) is 4.49. The molecule has 8 heteroatoms. The van der Waals surface area contributed by atoms with Crippen LogP contribution in [-0.2, 0) is 4.79 Å². The van der Waals surface area contributed by atoms with Gasteiger partial charge in [-0.15, -0.1) is 0 Å². The molecule has 1 aliphatic rings. The molecule has 3 rings (SSSR count). The number of fused-ring (bicyclic) bond motifs is 1. The Morgan fingerprint density at radius 2 is 1.85 bits per heavy atom. The van der Waals surface area contributed by atoms with Gasteiger partial charge in [0.1, 0.15) is 11.6 Å². The van der Waals surface area contributed by atoms with Crippen molar-refractivity contribution in [2.45, 2.75) is 26.8 Å². The van der Waals surface area contributed by atoms with Crippen LogP contribution < -0.4 is 5.32 Å². The van der Waals surface area contributed by atoms with Gasteiger partial charge in [-0.1, -0.05) is 18.2 Å². The Hall–Kier alpha value is -3.55. The highest BCUT2D eigenvalue weighted by atomic mass is 16.6. The number of hydrogen-bond acceptors (Lipinski definition) is 5. The summed E-state index contributed by atoms with van der Waals surface area (Å²) in [4.78, 5) is 49.1. The molecule has 3 amide bonds. The van der Waals surface area contributed by atoms with Gasteiger partial charge in [0.15, 0.2) is 0 Å². The Morgan fingerprint density at radius 1 is 1.15 bits per heavy atom. The van der Waals surface area contributed by atoms with Crippen LogP contribution in [0, 0.1) is 24.0 Å². The number of nitrogens with one attached hydrogen (secondary N) is 1. The Morgan fingerprint density at radius 3 is 2.52 bits per heavy atom. The van der Waals surface area contributed by atoms with Crippen LogP contribution in [0.4, 0.5) is 11.4 Å². The van der Waals surface area contributed by atoms with Crippen molar-refractivity contribution in [3.05, 3.63) is 68.8 Å². The Balaban J connectivity index is 1.90. The number of amides is 3. The van der Waals surface area contributed by atoms with Crippen LogP contribution in [0.2, 0.25) is 0 Å². The highest BCUT2D eigenvalue weighted by Gasteiger charge is 2.44. The number of rotatable bonds is 4. The smallest absolute Gasteiger partial charge is 0.282 e. The van der Waals surface area contributed by atoms with Crippen molar-refractivity contribution in [2.24, 2.45) is 0 Å². The molecule has 0 bridgehead atoms. The summed E-state index contributed by atoms with van der Waals surface area (Å²) in [6.45, 7) is 5.11. The van der Waals surface area contributed by atoms with Gasteiger partial charge in [-0.2, -0.15) is 0 Å². The molecule has 1 aliphatic heterocycles. The summed E-state index contributed by atoms with van der Waals surface area (Å²) in [6.07, 6.45) is 0. The first-order chi connectivity index (χ1) is 12.7. The molecule has 2 aromatic rings. The van der Waals surface area contributed by atoms with Crippen LogP contribution in [0.25, 0.3) is 0 Å². The van der Waals surface area contributed by atoms with E-state index in [9.17, 15) is 24.5 Å². The van der Waals surface area contributed by atoms with E-state index in [0.717, 1.165) is 22.1 Å². The molecule has 0 fully saturated rings. The third kappa shape index (κ3) is 3.05. The molecule has 1 atom stereocenters. The Bertz CT molecular complexity index is 999. The lowest BCUT2D eigenvalue weighted by Crippen LogP contribution is -2.45. The molecule has 1 heterocycles. The second kappa shape index (κ2) is 6.64. The summed E-state index contributed by atoms with van der Waals surface area (Å²) in [5.74, 6) is -2.12. The number of nitrogens with zero attached hydrogens (tertiary/aromatic N) is 2. The minimum atomic E-state index is -1.13. The summed E-state index contributed by atoms with van der Waals surface area (Å²) < 4.78 is 0. The van der Waals surface area contributed by atoms with Crippen LogP contribution in [-0.4, -0.2) is 33.6 Å². The van der Waals surface area contributed by atoms with Crippen LogP contribution in [0.5, 0.6) is 0 Å². The molecule has 8 nitrogen and oxygen atoms in total. The van der Waals surface area contributed by atoms with E-state index in [4.69, 9.17) is 0 Å². The number of nitro benzene ring substituents is 1. The van der Waals surface area contributed by atoms with Gasteiger partial charge in [0, 0.05) is 11.8 Å². The van der Waals surface area contributed by atoms with Gasteiger partial charge >= 0.3 is 0 Å². The molecule has 0 aliphatic carbocycles. The van der Waals surface area contributed by atoms with Crippen molar-refractivity contribution in [1.29, 1.82) is 0 Å². The van der Waals surface area contributed by atoms with Crippen molar-refractivity contribution in [3.8, 4) is 0 Å². The number of carbonyl (C=O) groups excluding carboxylic acids is 3. The normalized spacial score (nSPS) is 14.1. The molecule has 1 N–H and O–H groups in total. The van der Waals surface area contributed by atoms with Gasteiger partial charge in [0.05, 0.1) is 10.5 Å². The van der Waals surface area contributed by atoms with E-state index in [-0.39, 0.29) is 11.1 Å². The van der Waals surface area contributed by atoms with E-state index in [1.165, 1.54) is 19.1 Å². The molecule has 0 aromatic heterocycles. The van der Waals surface area contributed by atoms with Crippen molar-refractivity contribution in [1.82, 2.24) is 4.90 Å². The zero-order valence-corrected chi connectivity index (χ0v) is 15.0. The quantitative estimate of drug-likeness (QED) is 0.508. The summed E-state index contributed by atoms with van der Waals surface area (Å²) >= 11 is 0. The number of anilines is 1. The maximum atomic E-state index is 12.7. The van der Waals surface area contributed by atoms with Crippen LogP contribution in [0.1, 0.15) is 38.8 Å². The molecule has 0 saturated carbocycles. The van der Waals surface area contributed by atoms with Gasteiger partial charge in [-0.3, -0.25) is 29.4 Å². The van der Waals surface area contributed by atoms with Gasteiger partial charge in [-0.05, 0) is 44.0 Å². The summed E-state index contributed by atoms with van der Waals surface area (Å²) in [5.41, 5.74) is 1.56. The molecule has 0 radical (unpaired) electrons. The lowest BCUT2D eigenvalue weighted by Gasteiger charge is -2.22. The minimum Gasteiger partial charge on any atom is -0.324 e. The van der Waals surface area contributed by atoms with Crippen LogP contribution >= 0.6 is 0 Å². The molecular formula is C19H17N3O5. The fraction of sp³-hybridized carbons (Fsp3) is 0.211. The molecule has 0 spiro atoms. The molecule has 2 aromatic carbocycles. The zero-order valence-electron chi connectivity index (χ0n) is 15.0. The van der Waals surface area contributed by atoms with Crippen molar-refractivity contribution in [2.75, 3.05) is 5.32 Å². The first-order valence-corrected chi connectivity index (χ1v) is 8.25. The third-order valence-electron chi connectivity index (χ3n) is 4.54. The van der Waals surface area contributed by atoms with Gasteiger partial charge in [0.2, 0.25) is 5.91 Å². The van der Waals surface area contributed by atoms with Crippen LogP contribution in [0.15, 0.2) is 36.4 Å². The number of nitro groups is 1. The maximum Gasteiger partial charge on any atom is 0.282 e. The van der Waals surface area contributed by atoms with E-state index >= 15 is 0 Å². The molecule has 0 saturated heterocycles. The third-order valence-corrected chi connectivity index (χ3v) is 4.54. The molecular weight excluding hydrogens is 350 g/mol. The van der Waals surface area contributed by atoms with E-state index < -0.39 is 34.4 Å². The van der Waals surface area contributed by atoms with E-state index in [1.807, 2.05) is 26.0 Å². The van der Waals surface area contributed by atoms with Gasteiger partial charge < -0.3 is 5.32 Å². The van der Waals surface area contributed by atoms with Gasteiger partial charge in [-0.25, -0.2) is 0 Å². The number of hydrogen-bond donors (Lipinski definition) is 1. The average molecular weight is 367 g/mol. The highest BCUT2D eigenvalue weighted by Crippen LogP contribution is 2.32. The fourth-order valence-electron chi connectivity index (χ4n) is 3.01. The largest absolute Gasteiger partial charge is 0.324 e. The Labute approximate surface area is 154 Å². The SMILES string of the molecule is Cc1ccc(C)c(NC(=O)[C@H](C)N2C(=O)c3cccc([N+](=O)[O-])c3C2=O)c1. The summed E-state index contributed by atoms with van der Waals surface area (Å²) in [6, 6.07) is 8.25. The lowest BCUT2D eigenvalue weighted by molar-refractivity contribution is -0.385. The predicted octanol–water partition coefficient (Wildman–Crippen LogP) is 2.83. The number of imide groups is 1. The number of benzene rings is 2. The summed E-state index contributed by atoms with van der Waals surface area (Å²) in [7, 11) is 0. The van der Waals surface area contributed by atoms with Gasteiger partial charge in [0.25, 0.3) is 17.5 Å². The monoisotopic (exact) mass is 367 g/mol. The number of carbonyl (C=O) groups is 3. The molecule has 138 valence electrons. The number of aryl methyl sites for hydroxylation is 2. The van der Waals surface area contributed by atoms with E-state index in [2.05, 4.69) is 5.32 Å². The van der Waals surface area contributed by atoms with Crippen molar-refractivity contribution >= 4 is 29.1 Å². The van der Waals surface area contributed by atoms with E-state index in [1.54, 1.807) is 6.07 Å².